The van der Waals surface area contributed by atoms with E-state index in [1.807, 2.05) is 97.9 Å². The molecule has 3 heterocycles. The summed E-state index contributed by atoms with van der Waals surface area (Å²) in [5.74, 6) is 0.206. The van der Waals surface area contributed by atoms with Crippen molar-refractivity contribution in [3.63, 3.8) is 0 Å². The van der Waals surface area contributed by atoms with Crippen LogP contribution in [-0.4, -0.2) is 132 Å². The fraction of sp³-hybridized carbons (Fsp3) is 0.554. The van der Waals surface area contributed by atoms with Crippen molar-refractivity contribution in [2.24, 2.45) is 5.41 Å². The Labute approximate surface area is 469 Å². The summed E-state index contributed by atoms with van der Waals surface area (Å²) >= 11 is 0. The molecule has 20 heteroatoms. The molecule has 4 aromatic carbocycles. The molecule has 0 bridgehead atoms. The Morgan fingerprint density at radius 1 is 0.711 bits per heavy atom. The Morgan fingerprint density at radius 2 is 1.26 bits per heavy atom. The van der Waals surface area contributed by atoms with Gasteiger partial charge in [-0.25, -0.2) is 8.42 Å². The number of rotatable bonds is 29. The Bertz CT molecular complexity index is 2370. The van der Waals surface area contributed by atoms with E-state index in [1.165, 1.54) is 6.92 Å². The van der Waals surface area contributed by atoms with Gasteiger partial charge in [-0.2, -0.15) is 0 Å². The number of nitrogens with one attached hydrogen (secondary N) is 1. The number of carbonyl (C=O) groups excluding carboxylic acids is 1. The molecule has 3 aliphatic rings. The van der Waals surface area contributed by atoms with E-state index in [2.05, 4.69) is 12.2 Å². The van der Waals surface area contributed by atoms with Crippen LogP contribution in [0.25, 0.3) is 0 Å². The molecule has 4 aromatic rings. The molecule has 2 N–H and O–H groups in total. The Morgan fingerprint density at radius 3 is 1.82 bits per heavy atom. The molecule has 0 aromatic heterocycles. The molecule has 0 aliphatic carbocycles. The van der Waals surface area contributed by atoms with Gasteiger partial charge in [-0.05, 0) is 42.2 Å². The van der Waals surface area contributed by atoms with Crippen molar-refractivity contribution in [3.8, 4) is 5.75 Å². The predicted octanol–water partition coefficient (Wildman–Crippen LogP) is 4.08. The molecule has 3 saturated heterocycles. The van der Waals surface area contributed by atoms with Crippen LogP contribution in [0.2, 0.25) is 0 Å². The molecule has 3 aliphatic heterocycles. The largest absolute Gasteiger partial charge is 1.00 e. The molecule has 0 unspecified atom stereocenters. The average molecular weight is 1090 g/mol. The minimum absolute atomic E-state index is 0. The summed E-state index contributed by atoms with van der Waals surface area (Å²) in [6, 6.07) is 35.1. The molecule has 0 saturated carbocycles. The summed E-state index contributed by atoms with van der Waals surface area (Å²) in [6.45, 7) is 4.82. The normalized spacial score (nSPS) is 27.8. The second kappa shape index (κ2) is 31.4. The first-order valence-electron chi connectivity index (χ1n) is 25.9. The molecule has 0 spiro atoms. The number of unbranched alkanes of at least 4 members (excludes halogenated alkanes) is 5. The smallest absolute Gasteiger partial charge is 0.726 e. The molecule has 7 rings (SSSR count). The van der Waals surface area contributed by atoms with Crippen LogP contribution in [0.5, 0.6) is 5.75 Å². The number of benzene rings is 4. The van der Waals surface area contributed by atoms with Crippen molar-refractivity contribution in [3.05, 3.63) is 138 Å². The SMILES string of the molecule is CCCCCCCCO[C@H]1O[C@H](COCC2(COS(=O)(=O)[O-])COC(c3ccc(OC)cc3)OC2)[C@@H](O)[C@H](O[C@@H]2O[C@@H](C)[C@@H](OCc3ccccc3)[C@@H](OCc3ccccc3)[C@@H]2OCc2ccccc2)[C@H]1NC(C)=O.[Na+]. The van der Waals surface area contributed by atoms with Crippen molar-refractivity contribution in [2.45, 2.75) is 147 Å². The van der Waals surface area contributed by atoms with Gasteiger partial charge in [-0.15, -0.1) is 0 Å². The van der Waals surface area contributed by atoms with Gasteiger partial charge in [-0.3, -0.25) is 8.98 Å². The van der Waals surface area contributed by atoms with Crippen molar-refractivity contribution in [1.82, 2.24) is 5.32 Å². The Hall–Kier alpha value is -3.42. The molecule has 1 amide bonds. The topological polar surface area (TPSA) is 217 Å². The van der Waals surface area contributed by atoms with E-state index in [0.717, 1.165) is 48.8 Å². The third-order valence-corrected chi connectivity index (χ3v) is 13.8. The van der Waals surface area contributed by atoms with Crippen LogP contribution in [0.1, 0.15) is 87.8 Å². The summed E-state index contributed by atoms with van der Waals surface area (Å²) in [6.07, 6.45) is -4.22. The zero-order valence-electron chi connectivity index (χ0n) is 44.3. The minimum atomic E-state index is -5.12. The van der Waals surface area contributed by atoms with E-state index >= 15 is 0 Å². The van der Waals surface area contributed by atoms with E-state index in [9.17, 15) is 22.9 Å². The van der Waals surface area contributed by atoms with Gasteiger partial charge in [0.1, 0.15) is 48.4 Å². The van der Waals surface area contributed by atoms with Crippen molar-refractivity contribution in [2.75, 3.05) is 46.8 Å². The second-order valence-corrected chi connectivity index (χ2v) is 20.5. The molecule has 412 valence electrons. The number of ether oxygens (including phenoxy) is 11. The molecule has 3 fully saturated rings. The van der Waals surface area contributed by atoms with Gasteiger partial charge in [0.15, 0.2) is 18.9 Å². The van der Waals surface area contributed by atoms with E-state index in [0.29, 0.717) is 17.7 Å². The number of hydrogen-bond acceptors (Lipinski definition) is 17. The first kappa shape index (κ1) is 61.8. The number of aliphatic hydroxyl groups is 1. The summed E-state index contributed by atoms with van der Waals surface area (Å²) in [5, 5.41) is 15.4. The van der Waals surface area contributed by atoms with Crippen LogP contribution in [0.3, 0.4) is 0 Å². The molecule has 10 atom stereocenters. The number of aliphatic hydroxyl groups excluding tert-OH is 1. The predicted molar refractivity (Wildman–Crippen MR) is 272 cm³/mol. The van der Waals surface area contributed by atoms with E-state index in [4.69, 9.17) is 56.3 Å². The number of amides is 1. The number of carbonyl (C=O) groups is 1. The van der Waals surface area contributed by atoms with Crippen LogP contribution in [0, 0.1) is 5.41 Å². The molecular weight excluding hydrogens is 1010 g/mol. The monoisotopic (exact) mass is 1090 g/mol. The number of hydrogen-bond donors (Lipinski definition) is 2. The fourth-order valence-electron chi connectivity index (χ4n) is 9.31. The van der Waals surface area contributed by atoms with Gasteiger partial charge in [0.2, 0.25) is 16.3 Å². The first-order chi connectivity index (χ1) is 36.3. The maximum atomic E-state index is 13.1. The third kappa shape index (κ3) is 18.9. The molecule has 0 radical (unpaired) electrons. The fourth-order valence-corrected chi connectivity index (χ4v) is 9.70. The quantitative estimate of drug-likeness (QED) is 0.0339. The van der Waals surface area contributed by atoms with Crippen LogP contribution >= 0.6 is 0 Å². The zero-order valence-corrected chi connectivity index (χ0v) is 47.1. The van der Waals surface area contributed by atoms with Gasteiger partial charge in [0, 0.05) is 19.1 Å². The third-order valence-electron chi connectivity index (χ3n) is 13.4. The van der Waals surface area contributed by atoms with Gasteiger partial charge >= 0.3 is 29.6 Å². The van der Waals surface area contributed by atoms with Gasteiger partial charge < -0.3 is 67.1 Å². The first-order valence-corrected chi connectivity index (χ1v) is 27.2. The molecule has 18 nitrogen and oxygen atoms in total. The minimum Gasteiger partial charge on any atom is -0.726 e. The van der Waals surface area contributed by atoms with Crippen LogP contribution in [0.4, 0.5) is 0 Å². The number of methoxy groups -OCH3 is 1. The van der Waals surface area contributed by atoms with Crippen molar-refractivity contribution in [1.29, 1.82) is 0 Å². The van der Waals surface area contributed by atoms with E-state index < -0.39 is 96.0 Å². The van der Waals surface area contributed by atoms with Gasteiger partial charge in [-0.1, -0.05) is 142 Å². The Balaban J connectivity index is 0.00000937. The Kier molecular flexibility index (Phi) is 25.5. The summed E-state index contributed by atoms with van der Waals surface area (Å²) in [5.41, 5.74) is 2.14. The van der Waals surface area contributed by atoms with Gasteiger partial charge in [0.25, 0.3) is 0 Å². The van der Waals surface area contributed by atoms with Crippen molar-refractivity contribution < 1.29 is 109 Å². The average Bonchev–Trinajstić information content (AvgIpc) is 3.43. The van der Waals surface area contributed by atoms with Gasteiger partial charge in [0.05, 0.1) is 71.5 Å². The summed E-state index contributed by atoms with van der Waals surface area (Å²) in [4.78, 5) is 13.1. The van der Waals surface area contributed by atoms with E-state index in [1.54, 1.807) is 31.4 Å². The molecule has 76 heavy (non-hydrogen) atoms. The summed E-state index contributed by atoms with van der Waals surface area (Å²) in [7, 11) is -3.57. The maximum Gasteiger partial charge on any atom is 1.00 e. The summed E-state index contributed by atoms with van der Waals surface area (Å²) < 4.78 is 111. The van der Waals surface area contributed by atoms with E-state index in [-0.39, 0.29) is 82.4 Å². The zero-order chi connectivity index (χ0) is 53.0. The van der Waals surface area contributed by atoms with Crippen LogP contribution < -0.4 is 39.6 Å². The standard InChI is InChI=1S/C56H75NO17S.Na/c1-5-6-7-8-9-19-30-65-54-47(57-40(3)58)50(48(59)46(73-54)34-64-35-56(38-71-75(60,61)62)36-69-53(70-37-56)44-26-28-45(63-4)29-27-44)74-55-52(68-33-43-24-17-12-18-25-43)51(67-32-42-22-15-11-16-23-42)49(39(2)72-55)66-31-41-20-13-10-14-21-41;/h10-18,20-29,39,46-55,59H,5-9,19,30-38H2,1-4H3,(H,57,58)(H,60,61,62);/q;+1/p-1/t39-,46+,47+,48+,49+,50+,51+,52-,53?,54-,55-,56?;/m0./s1. The van der Waals surface area contributed by atoms with Crippen LogP contribution in [-0.2, 0) is 86.6 Å². The maximum absolute atomic E-state index is 13.1. The van der Waals surface area contributed by atoms with Crippen molar-refractivity contribution >= 4 is 16.3 Å². The second-order valence-electron chi connectivity index (χ2n) is 19.4. The van der Waals surface area contributed by atoms with Crippen LogP contribution in [0.15, 0.2) is 115 Å². The molecular formula is C56H74NNaO17S.